The van der Waals surface area contributed by atoms with Crippen LogP contribution in [0.15, 0.2) is 18.2 Å². The van der Waals surface area contributed by atoms with Crippen LogP contribution < -0.4 is 5.32 Å². The molecule has 0 aromatic heterocycles. The molecular weight excluding hydrogens is 263 g/mol. The van der Waals surface area contributed by atoms with Gasteiger partial charge in [-0.25, -0.2) is 0 Å². The number of nitrogens with one attached hydrogen (secondary N) is 1. The first-order valence-corrected chi connectivity index (χ1v) is 6.34. The summed E-state index contributed by atoms with van der Waals surface area (Å²) in [7, 11) is 0. The Morgan fingerprint density at radius 2 is 2.00 bits per heavy atom. The van der Waals surface area contributed by atoms with Gasteiger partial charge in [0.1, 0.15) is 0 Å². The fourth-order valence-corrected chi connectivity index (χ4v) is 2.55. The number of anilines is 1. The third-order valence-corrected chi connectivity index (χ3v) is 4.18. The first-order valence-electron chi connectivity index (χ1n) is 5.36. The first kappa shape index (κ1) is 13.3. The van der Waals surface area contributed by atoms with Gasteiger partial charge in [0.15, 0.2) is 0 Å². The van der Waals surface area contributed by atoms with E-state index in [1.54, 1.807) is 13.8 Å². The van der Waals surface area contributed by atoms with Gasteiger partial charge in [0.25, 0.3) is 0 Å². The summed E-state index contributed by atoms with van der Waals surface area (Å²) in [5.41, 5.74) is 0.288. The molecule has 98 valence electrons. The van der Waals surface area contributed by atoms with Crippen molar-refractivity contribution in [2.75, 3.05) is 5.32 Å². The maximum atomic E-state index is 12.6. The van der Waals surface area contributed by atoms with Crippen LogP contribution in [0.1, 0.15) is 25.0 Å². The Morgan fingerprint density at radius 1 is 1.33 bits per heavy atom. The van der Waals surface area contributed by atoms with Gasteiger partial charge >= 0.3 is 6.18 Å². The van der Waals surface area contributed by atoms with Crippen molar-refractivity contribution < 1.29 is 18.0 Å². The van der Waals surface area contributed by atoms with Crippen molar-refractivity contribution in [1.29, 1.82) is 0 Å². The predicted octanol–water partition coefficient (Wildman–Crippen LogP) is 3.67. The van der Waals surface area contributed by atoms with Crippen LogP contribution in [0, 0.1) is 0 Å². The Kier molecular flexibility index (Phi) is 3.09. The highest BCUT2D eigenvalue weighted by molar-refractivity contribution is 8.00. The summed E-state index contributed by atoms with van der Waals surface area (Å²) >= 11 is 1.33. The van der Waals surface area contributed by atoms with Crippen molar-refractivity contribution in [1.82, 2.24) is 0 Å². The largest absolute Gasteiger partial charge is 0.416 e. The number of amides is 1. The summed E-state index contributed by atoms with van der Waals surface area (Å²) in [6.07, 6.45) is -4.36. The van der Waals surface area contributed by atoms with Gasteiger partial charge in [0, 0.05) is 11.4 Å². The molecule has 0 unspecified atom stereocenters. The van der Waals surface area contributed by atoms with Crippen LogP contribution in [0.5, 0.6) is 0 Å². The van der Waals surface area contributed by atoms with Gasteiger partial charge in [0.2, 0.25) is 5.91 Å². The summed E-state index contributed by atoms with van der Waals surface area (Å²) in [6, 6.07) is 3.41. The predicted molar refractivity (Wildman–Crippen MR) is 65.4 cm³/mol. The SMILES string of the molecule is CC1(C)SCc2cc(C(F)(F)F)ccc2NC1=O. The lowest BCUT2D eigenvalue weighted by Gasteiger charge is -2.18. The summed E-state index contributed by atoms with van der Waals surface area (Å²) in [6.45, 7) is 3.51. The lowest BCUT2D eigenvalue weighted by molar-refractivity contribution is -0.137. The molecule has 0 saturated heterocycles. The number of hydrogen-bond acceptors (Lipinski definition) is 2. The second-order valence-electron chi connectivity index (χ2n) is 4.62. The first-order chi connectivity index (χ1) is 8.20. The molecule has 0 spiro atoms. The molecule has 1 aliphatic heterocycles. The van der Waals surface area contributed by atoms with Gasteiger partial charge in [0.05, 0.1) is 10.3 Å². The topological polar surface area (TPSA) is 29.1 Å². The number of rotatable bonds is 0. The van der Waals surface area contributed by atoms with Crippen LogP contribution in [0.4, 0.5) is 18.9 Å². The zero-order valence-corrected chi connectivity index (χ0v) is 10.7. The fourth-order valence-electron chi connectivity index (χ4n) is 1.61. The Bertz CT molecular complexity index is 497. The monoisotopic (exact) mass is 275 g/mol. The molecule has 0 fully saturated rings. The van der Waals surface area contributed by atoms with E-state index in [1.807, 2.05) is 0 Å². The Labute approximate surface area is 107 Å². The lowest BCUT2D eigenvalue weighted by Crippen LogP contribution is -2.32. The molecule has 0 bridgehead atoms. The molecule has 6 heteroatoms. The van der Waals surface area contributed by atoms with E-state index in [2.05, 4.69) is 5.32 Å². The number of alkyl halides is 3. The number of hydrogen-bond donors (Lipinski definition) is 1. The second kappa shape index (κ2) is 4.19. The molecule has 0 atom stereocenters. The highest BCUT2D eigenvalue weighted by Crippen LogP contribution is 2.38. The van der Waals surface area contributed by atoms with Crippen molar-refractivity contribution in [2.24, 2.45) is 0 Å². The lowest BCUT2D eigenvalue weighted by atomic mass is 10.1. The van der Waals surface area contributed by atoms with Gasteiger partial charge in [-0.05, 0) is 37.6 Å². The van der Waals surface area contributed by atoms with E-state index in [9.17, 15) is 18.0 Å². The molecule has 0 saturated carbocycles. The minimum atomic E-state index is -4.36. The average molecular weight is 275 g/mol. The van der Waals surface area contributed by atoms with Gasteiger partial charge in [-0.2, -0.15) is 13.2 Å². The van der Waals surface area contributed by atoms with Gasteiger partial charge in [-0.15, -0.1) is 11.8 Å². The second-order valence-corrected chi connectivity index (χ2v) is 6.22. The molecule has 1 aromatic carbocycles. The smallest absolute Gasteiger partial charge is 0.325 e. The molecule has 18 heavy (non-hydrogen) atoms. The average Bonchev–Trinajstić information content (AvgIpc) is 2.35. The Hall–Kier alpha value is -1.17. The molecule has 2 rings (SSSR count). The zero-order chi connectivity index (χ0) is 13.6. The number of carbonyl (C=O) groups is 1. The minimum Gasteiger partial charge on any atom is -0.325 e. The van der Waals surface area contributed by atoms with Gasteiger partial charge in [-0.1, -0.05) is 0 Å². The number of fused-ring (bicyclic) bond motifs is 1. The highest BCUT2D eigenvalue weighted by atomic mass is 32.2. The maximum absolute atomic E-state index is 12.6. The zero-order valence-electron chi connectivity index (χ0n) is 9.89. The molecule has 1 N–H and O–H groups in total. The molecule has 2 nitrogen and oxygen atoms in total. The van der Waals surface area contributed by atoms with Crippen LogP contribution >= 0.6 is 11.8 Å². The van der Waals surface area contributed by atoms with Gasteiger partial charge < -0.3 is 5.32 Å². The summed E-state index contributed by atoms with van der Waals surface area (Å²) < 4.78 is 37.1. The van der Waals surface area contributed by atoms with Crippen LogP contribution in [-0.2, 0) is 16.7 Å². The third kappa shape index (κ3) is 2.48. The van der Waals surface area contributed by atoms with Crippen LogP contribution in [-0.4, -0.2) is 10.7 Å². The Balaban J connectivity index is 2.40. The normalized spacial score (nSPS) is 18.8. The summed E-state index contributed by atoms with van der Waals surface area (Å²) in [5, 5.41) is 2.66. The standard InChI is InChI=1S/C12H12F3NOS/c1-11(2)10(17)16-9-4-3-8(12(13,14)15)5-7(9)6-18-11/h3-5H,6H2,1-2H3,(H,16,17). The molecule has 1 aromatic rings. The van der Waals surface area contributed by atoms with E-state index in [-0.39, 0.29) is 5.91 Å². The molecular formula is C12H12F3NOS. The quantitative estimate of drug-likeness (QED) is 0.782. The van der Waals surface area contributed by atoms with E-state index < -0.39 is 16.5 Å². The van der Waals surface area contributed by atoms with Crippen molar-refractivity contribution >= 4 is 23.4 Å². The van der Waals surface area contributed by atoms with Crippen molar-refractivity contribution in [3.63, 3.8) is 0 Å². The number of halogens is 3. The van der Waals surface area contributed by atoms with Crippen molar-refractivity contribution in [3.05, 3.63) is 29.3 Å². The van der Waals surface area contributed by atoms with E-state index in [0.29, 0.717) is 17.0 Å². The third-order valence-electron chi connectivity index (χ3n) is 2.82. The van der Waals surface area contributed by atoms with Crippen molar-refractivity contribution in [2.45, 2.75) is 30.5 Å². The van der Waals surface area contributed by atoms with E-state index in [0.717, 1.165) is 12.1 Å². The van der Waals surface area contributed by atoms with Gasteiger partial charge in [-0.3, -0.25) is 4.79 Å². The molecule has 1 amide bonds. The summed E-state index contributed by atoms with van der Waals surface area (Å²) in [5.74, 6) is 0.191. The number of carbonyl (C=O) groups excluding carboxylic acids is 1. The van der Waals surface area contributed by atoms with E-state index in [4.69, 9.17) is 0 Å². The number of thioether (sulfide) groups is 1. The van der Waals surface area contributed by atoms with Crippen molar-refractivity contribution in [3.8, 4) is 0 Å². The molecule has 0 aliphatic carbocycles. The molecule has 1 heterocycles. The minimum absolute atomic E-state index is 0.189. The fraction of sp³-hybridized carbons (Fsp3) is 0.417. The summed E-state index contributed by atoms with van der Waals surface area (Å²) in [4.78, 5) is 11.8. The molecule has 0 radical (unpaired) electrons. The molecule has 1 aliphatic rings. The van der Waals surface area contributed by atoms with Crippen LogP contribution in [0.2, 0.25) is 0 Å². The van der Waals surface area contributed by atoms with E-state index >= 15 is 0 Å². The highest BCUT2D eigenvalue weighted by Gasteiger charge is 2.34. The number of benzene rings is 1. The Morgan fingerprint density at radius 3 is 2.61 bits per heavy atom. The van der Waals surface area contributed by atoms with Crippen LogP contribution in [0.3, 0.4) is 0 Å². The van der Waals surface area contributed by atoms with Crippen LogP contribution in [0.25, 0.3) is 0 Å². The van der Waals surface area contributed by atoms with E-state index in [1.165, 1.54) is 17.8 Å². The maximum Gasteiger partial charge on any atom is 0.416 e.